The number of carbonyl (C=O) groups excluding carboxylic acids is 1. The summed E-state index contributed by atoms with van der Waals surface area (Å²) < 4.78 is 13.3. The molecule has 3 aromatic carbocycles. The third-order valence-corrected chi connectivity index (χ3v) is 6.53. The summed E-state index contributed by atoms with van der Waals surface area (Å²) in [5, 5.41) is 12.4. The van der Waals surface area contributed by atoms with E-state index in [2.05, 4.69) is 29.4 Å². The Morgan fingerprint density at radius 1 is 0.917 bits per heavy atom. The normalized spacial score (nSPS) is 11.8. The molecule has 4 aromatic rings. The van der Waals surface area contributed by atoms with Crippen molar-refractivity contribution in [2.24, 2.45) is 0 Å². The Labute approximate surface area is 215 Å². The van der Waals surface area contributed by atoms with Crippen molar-refractivity contribution in [1.82, 2.24) is 14.8 Å². The molecule has 0 radical (unpaired) electrons. The molecule has 0 bridgehead atoms. The summed E-state index contributed by atoms with van der Waals surface area (Å²) in [5.41, 5.74) is 2.91. The third kappa shape index (κ3) is 6.26. The lowest BCUT2D eigenvalue weighted by Gasteiger charge is -2.17. The summed E-state index contributed by atoms with van der Waals surface area (Å²) in [6.45, 7) is 6.21. The van der Waals surface area contributed by atoms with E-state index in [0.29, 0.717) is 22.6 Å². The number of nitrogens with zero attached hydrogens (tertiary/aromatic N) is 3. The molecule has 186 valence electrons. The third-order valence-electron chi connectivity index (χ3n) is 5.60. The van der Waals surface area contributed by atoms with Crippen molar-refractivity contribution < 1.29 is 14.3 Å². The van der Waals surface area contributed by atoms with E-state index in [1.54, 1.807) is 7.11 Å². The molecule has 0 fully saturated rings. The number of thioether (sulfide) groups is 1. The Kier molecular flexibility index (Phi) is 8.28. The Bertz CT molecular complexity index is 1270. The van der Waals surface area contributed by atoms with Crippen LogP contribution in [0.1, 0.15) is 44.2 Å². The molecule has 0 spiro atoms. The first-order chi connectivity index (χ1) is 17.4. The molecule has 7 nitrogen and oxygen atoms in total. The number of nitrogens with one attached hydrogen (secondary N) is 1. The van der Waals surface area contributed by atoms with Crippen LogP contribution >= 0.6 is 11.8 Å². The standard InChI is InChI=1S/C28H30N4O3S/c1-19(2)21-10-12-22(13-11-21)29-26(33)18-36-28-31-30-27(32(28)23-8-6-5-7-9-23)20(3)35-25-16-14-24(34-4)15-17-25/h5-17,19-20H,18H2,1-4H3,(H,29,33). The zero-order valence-corrected chi connectivity index (χ0v) is 21.7. The van der Waals surface area contributed by atoms with Crippen LogP contribution in [0.25, 0.3) is 5.69 Å². The number of hydrogen-bond donors (Lipinski definition) is 1. The molecule has 0 saturated carbocycles. The molecule has 1 aromatic heterocycles. The van der Waals surface area contributed by atoms with Crippen molar-refractivity contribution in [3.8, 4) is 17.2 Å². The van der Waals surface area contributed by atoms with Crippen LogP contribution in [0.2, 0.25) is 0 Å². The number of carbonyl (C=O) groups is 1. The van der Waals surface area contributed by atoms with Crippen molar-refractivity contribution in [2.75, 3.05) is 18.2 Å². The highest BCUT2D eigenvalue weighted by molar-refractivity contribution is 7.99. The maximum Gasteiger partial charge on any atom is 0.234 e. The SMILES string of the molecule is COc1ccc(OC(C)c2nnc(SCC(=O)Nc3ccc(C(C)C)cc3)n2-c2ccccc2)cc1. The fraction of sp³-hybridized carbons (Fsp3) is 0.250. The maximum atomic E-state index is 12.7. The van der Waals surface area contributed by atoms with Gasteiger partial charge >= 0.3 is 0 Å². The first-order valence-electron chi connectivity index (χ1n) is 11.8. The maximum absolute atomic E-state index is 12.7. The van der Waals surface area contributed by atoms with Crippen LogP contribution in [0.5, 0.6) is 11.5 Å². The van der Waals surface area contributed by atoms with Gasteiger partial charge in [0.25, 0.3) is 0 Å². The smallest absolute Gasteiger partial charge is 0.234 e. The van der Waals surface area contributed by atoms with E-state index >= 15 is 0 Å². The van der Waals surface area contributed by atoms with Crippen molar-refractivity contribution in [3.63, 3.8) is 0 Å². The monoisotopic (exact) mass is 502 g/mol. The molecule has 0 saturated heterocycles. The highest BCUT2D eigenvalue weighted by atomic mass is 32.2. The predicted molar refractivity (Wildman–Crippen MR) is 143 cm³/mol. The molecule has 8 heteroatoms. The number of anilines is 1. The number of para-hydroxylation sites is 1. The lowest BCUT2D eigenvalue weighted by Crippen LogP contribution is -2.15. The summed E-state index contributed by atoms with van der Waals surface area (Å²) in [4.78, 5) is 12.7. The minimum atomic E-state index is -0.381. The second-order valence-corrected chi connectivity index (χ2v) is 9.50. The quantitative estimate of drug-likeness (QED) is 0.258. The van der Waals surface area contributed by atoms with E-state index in [0.717, 1.165) is 17.1 Å². The largest absolute Gasteiger partial charge is 0.497 e. The zero-order valence-electron chi connectivity index (χ0n) is 20.8. The zero-order chi connectivity index (χ0) is 25.5. The second kappa shape index (κ2) is 11.8. The first-order valence-corrected chi connectivity index (χ1v) is 12.8. The average Bonchev–Trinajstić information content (AvgIpc) is 3.33. The summed E-state index contributed by atoms with van der Waals surface area (Å²) in [6.07, 6.45) is -0.381. The fourth-order valence-corrected chi connectivity index (χ4v) is 4.41. The van der Waals surface area contributed by atoms with Crippen LogP contribution in [0.4, 0.5) is 5.69 Å². The summed E-state index contributed by atoms with van der Waals surface area (Å²) in [7, 11) is 1.63. The molecule has 36 heavy (non-hydrogen) atoms. The summed E-state index contributed by atoms with van der Waals surface area (Å²) in [5.74, 6) is 2.64. The molecule has 1 atom stereocenters. The molecular weight excluding hydrogens is 472 g/mol. The van der Waals surface area contributed by atoms with Crippen LogP contribution < -0.4 is 14.8 Å². The van der Waals surface area contributed by atoms with Crippen molar-refractivity contribution in [1.29, 1.82) is 0 Å². The fourth-order valence-electron chi connectivity index (χ4n) is 3.65. The summed E-state index contributed by atoms with van der Waals surface area (Å²) in [6, 6.07) is 25.2. The Morgan fingerprint density at radius 2 is 1.58 bits per heavy atom. The van der Waals surface area contributed by atoms with E-state index in [9.17, 15) is 4.79 Å². The molecular formula is C28H30N4O3S. The Balaban J connectivity index is 1.49. The minimum Gasteiger partial charge on any atom is -0.497 e. The number of amides is 1. The molecule has 0 aliphatic rings. The van der Waals surface area contributed by atoms with E-state index in [1.807, 2.05) is 90.4 Å². The first kappa shape index (κ1) is 25.3. The highest BCUT2D eigenvalue weighted by Crippen LogP contribution is 2.29. The summed E-state index contributed by atoms with van der Waals surface area (Å²) >= 11 is 1.33. The Morgan fingerprint density at radius 3 is 2.22 bits per heavy atom. The van der Waals surface area contributed by atoms with Gasteiger partial charge in [0.1, 0.15) is 11.5 Å². The number of benzene rings is 3. The van der Waals surface area contributed by atoms with Gasteiger partial charge in [-0.15, -0.1) is 10.2 Å². The molecule has 1 unspecified atom stereocenters. The van der Waals surface area contributed by atoms with Gasteiger partial charge in [-0.2, -0.15) is 0 Å². The molecule has 0 aliphatic carbocycles. The van der Waals surface area contributed by atoms with Gasteiger partial charge in [0.15, 0.2) is 17.1 Å². The van der Waals surface area contributed by atoms with Crippen molar-refractivity contribution in [2.45, 2.75) is 37.9 Å². The number of ether oxygens (including phenoxy) is 2. The number of rotatable bonds is 10. The molecule has 4 rings (SSSR count). The minimum absolute atomic E-state index is 0.107. The average molecular weight is 503 g/mol. The topological polar surface area (TPSA) is 78.3 Å². The van der Waals surface area contributed by atoms with Gasteiger partial charge < -0.3 is 14.8 Å². The van der Waals surface area contributed by atoms with Gasteiger partial charge in [-0.25, -0.2) is 0 Å². The predicted octanol–water partition coefficient (Wildman–Crippen LogP) is 6.27. The Hall–Kier alpha value is -3.78. The lowest BCUT2D eigenvalue weighted by molar-refractivity contribution is -0.113. The molecule has 1 heterocycles. The van der Waals surface area contributed by atoms with Gasteiger partial charge in [-0.1, -0.05) is 55.9 Å². The highest BCUT2D eigenvalue weighted by Gasteiger charge is 2.21. The van der Waals surface area contributed by atoms with Crippen LogP contribution in [0.3, 0.4) is 0 Å². The van der Waals surface area contributed by atoms with Gasteiger partial charge in [0.2, 0.25) is 5.91 Å². The van der Waals surface area contributed by atoms with Crippen LogP contribution in [0, 0.1) is 0 Å². The number of aromatic nitrogens is 3. The molecule has 1 amide bonds. The van der Waals surface area contributed by atoms with E-state index in [-0.39, 0.29) is 17.8 Å². The molecule has 1 N–H and O–H groups in total. The van der Waals surface area contributed by atoms with Crippen molar-refractivity contribution >= 4 is 23.4 Å². The van der Waals surface area contributed by atoms with E-state index < -0.39 is 0 Å². The molecule has 0 aliphatic heterocycles. The number of hydrogen-bond acceptors (Lipinski definition) is 6. The van der Waals surface area contributed by atoms with Crippen LogP contribution in [-0.2, 0) is 4.79 Å². The van der Waals surface area contributed by atoms with Crippen LogP contribution in [-0.4, -0.2) is 33.5 Å². The van der Waals surface area contributed by atoms with Gasteiger partial charge in [0, 0.05) is 11.4 Å². The van der Waals surface area contributed by atoms with E-state index in [1.165, 1.54) is 17.3 Å². The van der Waals surface area contributed by atoms with Gasteiger partial charge in [-0.05, 0) is 66.9 Å². The number of methoxy groups -OCH3 is 1. The van der Waals surface area contributed by atoms with Gasteiger partial charge in [-0.3, -0.25) is 9.36 Å². The van der Waals surface area contributed by atoms with E-state index in [4.69, 9.17) is 9.47 Å². The van der Waals surface area contributed by atoms with Gasteiger partial charge in [0.05, 0.1) is 12.9 Å². The lowest BCUT2D eigenvalue weighted by atomic mass is 10.0. The van der Waals surface area contributed by atoms with Crippen LogP contribution in [0.15, 0.2) is 84.0 Å². The van der Waals surface area contributed by atoms with Crippen molar-refractivity contribution in [3.05, 3.63) is 90.3 Å². The second-order valence-electron chi connectivity index (χ2n) is 8.56.